The Labute approximate surface area is 40.3 Å². The number of hydrogen-bond acceptors (Lipinski definition) is 1. The van der Waals surface area contributed by atoms with Gasteiger partial charge in [-0.15, -0.1) is 0 Å². The van der Waals surface area contributed by atoms with Gasteiger partial charge in [-0.2, -0.15) is 0 Å². The van der Waals surface area contributed by atoms with Crippen LogP contribution in [0.25, 0.3) is 0 Å². The molecule has 0 aromatic heterocycles. The van der Waals surface area contributed by atoms with Gasteiger partial charge in [0, 0.05) is 0 Å². The Hall–Kier alpha value is 0.465. The van der Waals surface area contributed by atoms with Crippen molar-refractivity contribution in [2.24, 2.45) is 0 Å². The van der Waals surface area contributed by atoms with Crippen LogP contribution in [0.5, 0.6) is 0 Å². The summed E-state index contributed by atoms with van der Waals surface area (Å²) in [5.74, 6) is 0. The molecule has 0 amide bonds. The van der Waals surface area contributed by atoms with E-state index in [1.807, 2.05) is 22.9 Å². The Morgan fingerprint density at radius 3 is 2.25 bits per heavy atom. The van der Waals surface area contributed by atoms with Crippen LogP contribution in [0.2, 0.25) is 0 Å². The molecule has 0 atom stereocenters. The van der Waals surface area contributed by atoms with Crippen LogP contribution in [0.4, 0.5) is 0 Å². The van der Waals surface area contributed by atoms with Crippen LogP contribution in [0.1, 0.15) is 0 Å². The monoisotopic (exact) mass is 167 g/mol. The van der Waals surface area contributed by atoms with Crippen LogP contribution in [0.3, 0.4) is 0 Å². The van der Waals surface area contributed by atoms with Crippen LogP contribution in [-0.2, 0) is 0 Å². The molecule has 3 heteroatoms. The fourth-order valence-electron chi connectivity index (χ4n) is 0. The Morgan fingerprint density at radius 2 is 2.25 bits per heavy atom. The normalized spacial score (nSPS) is 5.00. The quantitative estimate of drug-likeness (QED) is 0.317. The van der Waals surface area contributed by atoms with Gasteiger partial charge >= 0.3 is 40.0 Å². The van der Waals surface area contributed by atoms with E-state index in [9.17, 15) is 0 Å². The third kappa shape index (κ3) is 2.46. The first-order valence-corrected chi connectivity index (χ1v) is 1.96. The van der Waals surface area contributed by atoms with Gasteiger partial charge in [0.05, 0.1) is 0 Å². The van der Waals surface area contributed by atoms with E-state index in [4.69, 9.17) is 0 Å². The second kappa shape index (κ2) is 3.46. The summed E-state index contributed by atoms with van der Waals surface area (Å²) in [4.78, 5) is 0. The second-order valence-corrected chi connectivity index (χ2v) is 0.936. The molecule has 1 nitrogen and oxygen atoms in total. The van der Waals surface area contributed by atoms with Crippen molar-refractivity contribution in [3.8, 4) is 0 Å². The summed E-state index contributed by atoms with van der Waals surface area (Å²) >= 11 is 1.98. The molecule has 0 aliphatic carbocycles. The van der Waals surface area contributed by atoms with E-state index < -0.39 is 0 Å². The molecule has 0 fully saturated rings. The summed E-state index contributed by atoms with van der Waals surface area (Å²) in [6.45, 7) is 0. The first-order chi connectivity index (χ1) is 1.91. The molecule has 0 unspecified atom stereocenters. The number of halogens is 1. The maximum absolute atomic E-state index is 3.36. The first kappa shape index (κ1) is 4.46. The molecular weight excluding hydrogens is 164 g/mol. The first-order valence-electron chi connectivity index (χ1n) is 0.886. The Morgan fingerprint density at radius 1 is 2.00 bits per heavy atom. The van der Waals surface area contributed by atoms with Crippen molar-refractivity contribution in [3.05, 3.63) is 0 Å². The zero-order chi connectivity index (χ0) is 3.41. The second-order valence-electron chi connectivity index (χ2n) is 0.313. The number of hydrogen-bond donors (Lipinski definition) is 1. The van der Waals surface area contributed by atoms with Gasteiger partial charge in [0.1, 0.15) is 0 Å². The van der Waals surface area contributed by atoms with Gasteiger partial charge in [-0.25, -0.2) is 0 Å². The van der Waals surface area contributed by atoms with Gasteiger partial charge in [-0.1, -0.05) is 0 Å². The molecule has 0 rings (SSSR count). The van der Waals surface area contributed by atoms with Crippen molar-refractivity contribution in [2.45, 2.75) is 0 Å². The van der Waals surface area contributed by atoms with Crippen LogP contribution in [-0.4, -0.2) is 13.6 Å². The van der Waals surface area contributed by atoms with Crippen LogP contribution >= 0.6 is 22.9 Å². The summed E-state index contributed by atoms with van der Waals surface area (Å²) in [6, 6.07) is 0. The average Bonchev–Trinajstić information content (AvgIpc) is 1.37. The van der Waals surface area contributed by atoms with E-state index in [1.54, 1.807) is 6.09 Å². The molecule has 22 valence electrons. The zero-order valence-corrected chi connectivity index (χ0v) is 4.32. The number of rotatable bonds is 1. The summed E-state index contributed by atoms with van der Waals surface area (Å²) < 4.78 is 2.66. The van der Waals surface area contributed by atoms with Gasteiger partial charge in [-0.05, 0) is 0 Å². The van der Waals surface area contributed by atoms with Crippen molar-refractivity contribution in [2.75, 3.05) is 0 Å². The van der Waals surface area contributed by atoms with Crippen LogP contribution in [0.15, 0.2) is 0 Å². The molecule has 4 heavy (non-hydrogen) atoms. The molecule has 0 heterocycles. The van der Waals surface area contributed by atoms with Crippen molar-refractivity contribution in [3.63, 3.8) is 0 Å². The van der Waals surface area contributed by atoms with Crippen molar-refractivity contribution < 1.29 is 0 Å². The molecule has 0 aliphatic heterocycles. The van der Waals surface area contributed by atoms with E-state index >= 15 is 0 Å². The molecule has 0 saturated carbocycles. The molecule has 1 N–H and O–H groups in total. The fraction of sp³-hybridized carbons (Fsp3) is 0. The maximum atomic E-state index is 3.36. The van der Waals surface area contributed by atoms with E-state index in [2.05, 4.69) is 11.0 Å². The standard InChI is InChI=1S/CH3BIN/c2-1-4-3/h1-2,4H. The summed E-state index contributed by atoms with van der Waals surface area (Å²) in [7, 11) is 3.36. The predicted molar refractivity (Wildman–Crippen MR) is 30.4 cm³/mol. The molecule has 0 radical (unpaired) electrons. The average molecular weight is 167 g/mol. The Bertz CT molecular complexity index is 22.0. The summed E-state index contributed by atoms with van der Waals surface area (Å²) in [5, 5.41) is 0. The Kier molecular flexibility index (Phi) is 3.87. The molecule has 0 aromatic carbocycles. The van der Waals surface area contributed by atoms with E-state index in [-0.39, 0.29) is 0 Å². The summed E-state index contributed by atoms with van der Waals surface area (Å²) in [6.07, 6.45) is 1.61. The number of nitrogens with one attached hydrogen (secondary N) is 1. The van der Waals surface area contributed by atoms with E-state index in [1.165, 1.54) is 0 Å². The van der Waals surface area contributed by atoms with E-state index in [0.717, 1.165) is 0 Å². The van der Waals surface area contributed by atoms with Crippen LogP contribution < -0.4 is 3.53 Å². The predicted octanol–water partition coefficient (Wildman–Crippen LogP) is -0.413. The topological polar surface area (TPSA) is 12.0 Å². The third-order valence-electron chi connectivity index (χ3n) is 0.0772. The van der Waals surface area contributed by atoms with Gasteiger partial charge in [-0.3, -0.25) is 0 Å². The molecule has 0 bridgehead atoms. The molecule has 0 aromatic rings. The summed E-state index contributed by atoms with van der Waals surface area (Å²) in [5.41, 5.74) is 0. The minimum atomic E-state index is 1.61. The van der Waals surface area contributed by atoms with Crippen molar-refractivity contribution >= 4 is 36.4 Å². The van der Waals surface area contributed by atoms with Gasteiger partial charge < -0.3 is 0 Å². The van der Waals surface area contributed by atoms with Crippen molar-refractivity contribution in [1.82, 2.24) is 3.53 Å². The third-order valence-corrected chi connectivity index (χ3v) is 0.518. The minimum absolute atomic E-state index is 1.61. The van der Waals surface area contributed by atoms with Gasteiger partial charge in [0.15, 0.2) is 0 Å². The molecule has 0 spiro atoms. The molecular formula is CH3BIN. The van der Waals surface area contributed by atoms with Gasteiger partial charge in [0.2, 0.25) is 0 Å². The van der Waals surface area contributed by atoms with Gasteiger partial charge in [0.25, 0.3) is 0 Å². The van der Waals surface area contributed by atoms with Crippen LogP contribution in [0, 0.1) is 0 Å². The van der Waals surface area contributed by atoms with E-state index in [0.29, 0.717) is 0 Å². The van der Waals surface area contributed by atoms with Crippen molar-refractivity contribution in [1.29, 1.82) is 0 Å². The molecule has 0 saturated heterocycles. The SMILES string of the molecule is B=CNI. The Balaban J connectivity index is 2.30. The zero-order valence-electron chi connectivity index (χ0n) is 2.16. The fourth-order valence-corrected chi connectivity index (χ4v) is 0. The molecule has 0 aliphatic rings.